The number of aromatic nitrogens is 1. The Balaban J connectivity index is 2.36. The number of nitrogens with zero attached hydrogens (tertiary/aromatic N) is 1. The molecule has 0 unspecified atom stereocenters. The molecule has 0 radical (unpaired) electrons. The van der Waals surface area contributed by atoms with Gasteiger partial charge < -0.3 is 5.32 Å². The number of carbonyl (C=O) groups is 2. The van der Waals surface area contributed by atoms with Crippen molar-refractivity contribution in [3.8, 4) is 0 Å². The second-order valence-corrected chi connectivity index (χ2v) is 3.91. The number of fused-ring (bicyclic) bond motifs is 1. The fourth-order valence-corrected chi connectivity index (χ4v) is 2.36. The highest BCUT2D eigenvalue weighted by Gasteiger charge is 2.21. The summed E-state index contributed by atoms with van der Waals surface area (Å²) >= 11 is 1.39. The molecule has 1 N–H and O–H groups in total. The van der Waals surface area contributed by atoms with E-state index in [1.165, 1.54) is 11.3 Å². The molecule has 5 heteroatoms. The average Bonchev–Trinajstić information content (AvgIpc) is 2.49. The van der Waals surface area contributed by atoms with E-state index < -0.39 is 0 Å². The Kier molecular flexibility index (Phi) is 2.10. The van der Waals surface area contributed by atoms with E-state index in [0.29, 0.717) is 23.7 Å². The first-order valence-corrected chi connectivity index (χ1v) is 4.86. The zero-order valence-corrected chi connectivity index (χ0v) is 7.69. The number of aryl methyl sites for hydroxylation is 1. The van der Waals surface area contributed by atoms with Crippen molar-refractivity contribution in [1.29, 1.82) is 0 Å². The predicted molar refractivity (Wildman–Crippen MR) is 49.1 cm³/mol. The van der Waals surface area contributed by atoms with Crippen LogP contribution in [0.2, 0.25) is 0 Å². The molecule has 1 aliphatic carbocycles. The van der Waals surface area contributed by atoms with Crippen LogP contribution in [0.4, 0.5) is 5.13 Å². The van der Waals surface area contributed by atoms with Crippen LogP contribution in [0.25, 0.3) is 0 Å². The van der Waals surface area contributed by atoms with Crippen molar-refractivity contribution in [1.82, 2.24) is 4.98 Å². The number of hydrogen-bond donors (Lipinski definition) is 1. The molecular formula is C8H8N2O2S. The molecule has 4 nitrogen and oxygen atoms in total. The number of amides is 1. The van der Waals surface area contributed by atoms with E-state index in [1.54, 1.807) is 0 Å². The van der Waals surface area contributed by atoms with E-state index in [2.05, 4.69) is 10.3 Å². The molecule has 1 aromatic rings. The summed E-state index contributed by atoms with van der Waals surface area (Å²) in [7, 11) is 0. The first-order valence-electron chi connectivity index (χ1n) is 4.04. The third-order valence-corrected chi connectivity index (χ3v) is 3.00. The van der Waals surface area contributed by atoms with Gasteiger partial charge in [-0.25, -0.2) is 4.98 Å². The molecule has 13 heavy (non-hydrogen) atoms. The maximum Gasteiger partial charge on any atom is 0.213 e. The number of anilines is 1. The molecule has 0 bridgehead atoms. The summed E-state index contributed by atoms with van der Waals surface area (Å²) in [5, 5.41) is 2.98. The summed E-state index contributed by atoms with van der Waals surface area (Å²) in [6, 6.07) is 0. The maximum absolute atomic E-state index is 11.3. The smallest absolute Gasteiger partial charge is 0.213 e. The van der Waals surface area contributed by atoms with Gasteiger partial charge in [-0.2, -0.15) is 0 Å². The van der Waals surface area contributed by atoms with E-state index in [0.717, 1.165) is 17.7 Å². The van der Waals surface area contributed by atoms with Gasteiger partial charge in [0, 0.05) is 11.3 Å². The molecule has 1 heterocycles. The molecule has 2 rings (SSSR count). The Bertz CT molecular complexity index is 359. The number of hydrogen-bond acceptors (Lipinski definition) is 4. The molecule has 1 amide bonds. The van der Waals surface area contributed by atoms with Crippen molar-refractivity contribution in [2.45, 2.75) is 19.3 Å². The topological polar surface area (TPSA) is 59.1 Å². The average molecular weight is 196 g/mol. The van der Waals surface area contributed by atoms with Gasteiger partial charge in [-0.1, -0.05) is 0 Å². The standard InChI is InChI=1S/C8H8N2O2S/c11-4-9-8-10-7-5(12)2-1-3-6(7)13-8/h4H,1-3H2,(H,9,10,11). The third-order valence-electron chi connectivity index (χ3n) is 1.95. The largest absolute Gasteiger partial charge is 0.305 e. The summed E-state index contributed by atoms with van der Waals surface area (Å²) in [5.41, 5.74) is 0.556. The minimum atomic E-state index is 0.0939. The van der Waals surface area contributed by atoms with Crippen LogP contribution in [-0.2, 0) is 11.2 Å². The third kappa shape index (κ3) is 1.47. The van der Waals surface area contributed by atoms with E-state index in [-0.39, 0.29) is 5.78 Å². The highest BCUT2D eigenvalue weighted by atomic mass is 32.1. The highest BCUT2D eigenvalue weighted by molar-refractivity contribution is 7.16. The monoisotopic (exact) mass is 196 g/mol. The van der Waals surface area contributed by atoms with Crippen LogP contribution >= 0.6 is 11.3 Å². The predicted octanol–water partition coefficient (Wildman–Crippen LogP) is 1.23. The van der Waals surface area contributed by atoms with Gasteiger partial charge in [-0.05, 0) is 12.8 Å². The highest BCUT2D eigenvalue weighted by Crippen LogP contribution is 2.29. The van der Waals surface area contributed by atoms with Crippen molar-refractivity contribution >= 4 is 28.7 Å². The molecule has 0 saturated carbocycles. The fourth-order valence-electron chi connectivity index (χ4n) is 1.38. The SMILES string of the molecule is O=CNc1nc2c(s1)CCCC2=O. The number of rotatable bonds is 2. The fraction of sp³-hybridized carbons (Fsp3) is 0.375. The van der Waals surface area contributed by atoms with Gasteiger partial charge in [-0.3, -0.25) is 9.59 Å². The van der Waals surface area contributed by atoms with Crippen LogP contribution in [-0.4, -0.2) is 17.2 Å². The van der Waals surface area contributed by atoms with E-state index in [1.807, 2.05) is 0 Å². The maximum atomic E-state index is 11.3. The Morgan fingerprint density at radius 3 is 3.00 bits per heavy atom. The van der Waals surface area contributed by atoms with Crippen molar-refractivity contribution in [2.24, 2.45) is 0 Å². The molecular weight excluding hydrogens is 188 g/mol. The Morgan fingerprint density at radius 1 is 1.46 bits per heavy atom. The lowest BCUT2D eigenvalue weighted by Crippen LogP contribution is -2.08. The van der Waals surface area contributed by atoms with Crippen LogP contribution in [0.5, 0.6) is 0 Å². The lowest BCUT2D eigenvalue weighted by Gasteiger charge is -2.05. The van der Waals surface area contributed by atoms with Crippen LogP contribution in [0, 0.1) is 0 Å². The Labute approximate surface area is 79.0 Å². The lowest BCUT2D eigenvalue weighted by molar-refractivity contribution is -0.105. The lowest BCUT2D eigenvalue weighted by atomic mass is 10.0. The van der Waals surface area contributed by atoms with Gasteiger partial charge in [0.2, 0.25) is 6.41 Å². The molecule has 68 valence electrons. The molecule has 0 spiro atoms. The first kappa shape index (κ1) is 8.37. The Hall–Kier alpha value is -1.23. The summed E-state index contributed by atoms with van der Waals surface area (Å²) in [5.74, 6) is 0.0939. The second-order valence-electron chi connectivity index (χ2n) is 2.83. The number of thiazole rings is 1. The molecule has 0 fully saturated rings. The minimum Gasteiger partial charge on any atom is -0.305 e. The minimum absolute atomic E-state index is 0.0939. The number of ketones is 1. The Morgan fingerprint density at radius 2 is 2.31 bits per heavy atom. The zero-order valence-electron chi connectivity index (χ0n) is 6.87. The first-order chi connectivity index (χ1) is 6.31. The summed E-state index contributed by atoms with van der Waals surface area (Å²) in [6.45, 7) is 0. The number of Topliss-reactive ketones (excluding diaryl/α,β-unsaturated/α-hetero) is 1. The van der Waals surface area contributed by atoms with E-state index >= 15 is 0 Å². The second kappa shape index (κ2) is 3.26. The summed E-state index contributed by atoms with van der Waals surface area (Å²) < 4.78 is 0. The molecule has 0 aliphatic heterocycles. The summed E-state index contributed by atoms with van der Waals surface area (Å²) in [4.78, 5) is 26.5. The van der Waals surface area contributed by atoms with E-state index in [9.17, 15) is 9.59 Å². The van der Waals surface area contributed by atoms with Crippen LogP contribution in [0.3, 0.4) is 0 Å². The van der Waals surface area contributed by atoms with Crippen molar-refractivity contribution < 1.29 is 9.59 Å². The van der Waals surface area contributed by atoms with Crippen LogP contribution < -0.4 is 5.32 Å². The van der Waals surface area contributed by atoms with E-state index in [4.69, 9.17) is 0 Å². The number of nitrogens with one attached hydrogen (secondary N) is 1. The molecule has 0 atom stereocenters. The van der Waals surface area contributed by atoms with Crippen molar-refractivity contribution in [3.63, 3.8) is 0 Å². The van der Waals surface area contributed by atoms with Gasteiger partial charge in [0.15, 0.2) is 10.9 Å². The van der Waals surface area contributed by atoms with Crippen molar-refractivity contribution in [3.05, 3.63) is 10.6 Å². The van der Waals surface area contributed by atoms with Gasteiger partial charge in [0.1, 0.15) is 5.69 Å². The van der Waals surface area contributed by atoms with Gasteiger partial charge in [0.05, 0.1) is 0 Å². The number of carbonyl (C=O) groups excluding carboxylic acids is 2. The molecule has 1 aromatic heterocycles. The quantitative estimate of drug-likeness (QED) is 0.724. The van der Waals surface area contributed by atoms with Gasteiger partial charge >= 0.3 is 0 Å². The molecule has 0 saturated heterocycles. The van der Waals surface area contributed by atoms with Gasteiger partial charge in [0.25, 0.3) is 0 Å². The summed E-state index contributed by atoms with van der Waals surface area (Å²) in [6.07, 6.45) is 2.96. The van der Waals surface area contributed by atoms with Gasteiger partial charge in [-0.15, -0.1) is 11.3 Å². The van der Waals surface area contributed by atoms with Crippen molar-refractivity contribution in [2.75, 3.05) is 5.32 Å². The van der Waals surface area contributed by atoms with Crippen LogP contribution in [0.15, 0.2) is 0 Å². The van der Waals surface area contributed by atoms with Crippen LogP contribution in [0.1, 0.15) is 28.2 Å². The normalized spacial score (nSPS) is 15.2. The zero-order chi connectivity index (χ0) is 9.26. The molecule has 1 aliphatic rings. The molecule has 0 aromatic carbocycles.